The molecule has 8 heteroatoms. The third kappa shape index (κ3) is 4.35. The molecule has 0 saturated carbocycles. The van der Waals surface area contributed by atoms with Crippen LogP contribution in [0.5, 0.6) is 0 Å². The summed E-state index contributed by atoms with van der Waals surface area (Å²) in [6, 6.07) is 9.43. The Morgan fingerprint density at radius 3 is 2.62 bits per heavy atom. The van der Waals surface area contributed by atoms with Crippen molar-refractivity contribution in [1.82, 2.24) is 20.8 Å². The van der Waals surface area contributed by atoms with Crippen LogP contribution in [0, 0.1) is 5.92 Å². The summed E-state index contributed by atoms with van der Waals surface area (Å²) < 4.78 is 22.7. The van der Waals surface area contributed by atoms with Crippen LogP contribution < -0.4 is 10.6 Å². The second-order valence-corrected chi connectivity index (χ2v) is 8.23. The Labute approximate surface area is 140 Å². The van der Waals surface area contributed by atoms with Gasteiger partial charge in [-0.25, -0.2) is 13.2 Å². The third-order valence-electron chi connectivity index (χ3n) is 4.10. The van der Waals surface area contributed by atoms with Crippen LogP contribution in [0.2, 0.25) is 0 Å². The Bertz CT molecular complexity index is 785. The summed E-state index contributed by atoms with van der Waals surface area (Å²) in [6.45, 7) is 0.807. The van der Waals surface area contributed by atoms with Crippen molar-refractivity contribution in [3.63, 3.8) is 0 Å². The van der Waals surface area contributed by atoms with Crippen molar-refractivity contribution >= 4 is 15.9 Å². The molecule has 3 rings (SSSR count). The predicted octanol–water partition coefficient (Wildman–Crippen LogP) is 1.31. The number of benzene rings is 1. The molecule has 1 aromatic heterocycles. The first kappa shape index (κ1) is 16.5. The molecule has 0 unspecified atom stereocenters. The number of carbonyl (C=O) groups is 1. The van der Waals surface area contributed by atoms with E-state index in [9.17, 15) is 13.2 Å². The van der Waals surface area contributed by atoms with Gasteiger partial charge in [-0.05, 0) is 29.5 Å². The van der Waals surface area contributed by atoms with Gasteiger partial charge in [0.25, 0.3) is 0 Å². The molecule has 2 heterocycles. The van der Waals surface area contributed by atoms with Crippen molar-refractivity contribution in [2.45, 2.75) is 13.0 Å². The molecule has 3 N–H and O–H groups in total. The topological polar surface area (TPSA) is 104 Å². The van der Waals surface area contributed by atoms with Gasteiger partial charge in [-0.15, -0.1) is 0 Å². The van der Waals surface area contributed by atoms with Crippen molar-refractivity contribution < 1.29 is 13.2 Å². The first-order valence-corrected chi connectivity index (χ1v) is 9.65. The predicted molar refractivity (Wildman–Crippen MR) is 91.0 cm³/mol. The number of carbonyl (C=O) groups excluding carboxylic acids is 1. The zero-order chi connectivity index (χ0) is 17.0. The quantitative estimate of drug-likeness (QED) is 0.758. The molecule has 128 valence electrons. The highest BCUT2D eigenvalue weighted by molar-refractivity contribution is 7.91. The highest BCUT2D eigenvalue weighted by Crippen LogP contribution is 2.17. The maximum atomic E-state index is 11.8. The molecule has 1 saturated heterocycles. The normalized spacial score (nSPS) is 19.1. The van der Waals surface area contributed by atoms with Crippen LogP contribution in [0.3, 0.4) is 0 Å². The van der Waals surface area contributed by atoms with Crippen molar-refractivity contribution in [3.8, 4) is 11.3 Å². The van der Waals surface area contributed by atoms with Crippen molar-refractivity contribution in [2.75, 3.05) is 18.1 Å². The number of urea groups is 1. The molecule has 2 amide bonds. The van der Waals surface area contributed by atoms with E-state index in [1.165, 1.54) is 0 Å². The van der Waals surface area contributed by atoms with Gasteiger partial charge in [-0.3, -0.25) is 5.10 Å². The highest BCUT2D eigenvalue weighted by atomic mass is 32.2. The average Bonchev–Trinajstić information content (AvgIpc) is 3.21. The fraction of sp³-hybridized carbons (Fsp3) is 0.375. The second-order valence-electron chi connectivity index (χ2n) is 6.00. The minimum atomic E-state index is -2.90. The number of rotatable bonds is 5. The monoisotopic (exact) mass is 348 g/mol. The van der Waals surface area contributed by atoms with E-state index in [1.807, 2.05) is 30.3 Å². The molecule has 1 aliphatic heterocycles. The van der Waals surface area contributed by atoms with E-state index >= 15 is 0 Å². The van der Waals surface area contributed by atoms with Gasteiger partial charge < -0.3 is 10.6 Å². The number of hydrogen-bond acceptors (Lipinski definition) is 4. The first-order chi connectivity index (χ1) is 11.5. The maximum absolute atomic E-state index is 11.8. The molecule has 1 aromatic carbocycles. The molecule has 0 bridgehead atoms. The molecule has 0 radical (unpaired) electrons. The summed E-state index contributed by atoms with van der Waals surface area (Å²) in [5.74, 6) is 0.417. The van der Waals surface area contributed by atoms with Gasteiger partial charge in [-0.2, -0.15) is 5.10 Å². The summed E-state index contributed by atoms with van der Waals surface area (Å²) >= 11 is 0. The summed E-state index contributed by atoms with van der Waals surface area (Å²) in [6.07, 6.45) is 2.32. The molecular weight excluding hydrogens is 328 g/mol. The van der Waals surface area contributed by atoms with Crippen LogP contribution in [-0.2, 0) is 16.4 Å². The van der Waals surface area contributed by atoms with Crippen molar-refractivity contribution in [1.29, 1.82) is 0 Å². The molecule has 24 heavy (non-hydrogen) atoms. The van der Waals surface area contributed by atoms with Crippen molar-refractivity contribution in [3.05, 3.63) is 42.1 Å². The van der Waals surface area contributed by atoms with Crippen LogP contribution in [0.15, 0.2) is 36.5 Å². The number of amides is 2. The lowest BCUT2D eigenvalue weighted by Gasteiger charge is -2.11. The average molecular weight is 348 g/mol. The standard InChI is InChI=1S/C16H20N4O3S/c21-16(18-10-13-6-8-24(22,23)11-13)17-9-12-1-3-14(4-2-12)15-5-7-19-20-15/h1-5,7,13H,6,8-11H2,(H,19,20)(H2,17,18,21)/t13-/m0/s1. The maximum Gasteiger partial charge on any atom is 0.315 e. The van der Waals surface area contributed by atoms with Gasteiger partial charge >= 0.3 is 6.03 Å². The number of sulfone groups is 1. The van der Waals surface area contributed by atoms with E-state index in [2.05, 4.69) is 20.8 Å². The SMILES string of the molecule is O=C(NCc1ccc(-c2ccn[nH]2)cc1)NC[C@@H]1CCS(=O)(=O)C1. The molecule has 7 nitrogen and oxygen atoms in total. The zero-order valence-corrected chi connectivity index (χ0v) is 14.0. The van der Waals surface area contributed by atoms with Crippen LogP contribution in [0.25, 0.3) is 11.3 Å². The fourth-order valence-electron chi connectivity index (χ4n) is 2.73. The lowest BCUT2D eigenvalue weighted by Crippen LogP contribution is -2.38. The lowest BCUT2D eigenvalue weighted by atomic mass is 10.1. The number of nitrogens with zero attached hydrogens (tertiary/aromatic N) is 1. The molecule has 1 fully saturated rings. The molecule has 1 aliphatic rings. The highest BCUT2D eigenvalue weighted by Gasteiger charge is 2.27. The van der Waals surface area contributed by atoms with Crippen LogP contribution in [0.1, 0.15) is 12.0 Å². The number of aromatic amines is 1. The molecular formula is C16H20N4O3S. The number of hydrogen-bond donors (Lipinski definition) is 3. The Morgan fingerprint density at radius 1 is 1.21 bits per heavy atom. The smallest absolute Gasteiger partial charge is 0.315 e. The molecule has 0 aliphatic carbocycles. The van der Waals surface area contributed by atoms with Gasteiger partial charge in [0, 0.05) is 19.3 Å². The number of aromatic nitrogens is 2. The van der Waals surface area contributed by atoms with E-state index in [0.29, 0.717) is 19.5 Å². The van der Waals surface area contributed by atoms with E-state index in [0.717, 1.165) is 16.8 Å². The van der Waals surface area contributed by atoms with E-state index in [4.69, 9.17) is 0 Å². The lowest BCUT2D eigenvalue weighted by molar-refractivity contribution is 0.239. The molecule has 2 aromatic rings. The molecule has 0 spiro atoms. The Balaban J connectivity index is 1.43. The van der Waals surface area contributed by atoms with E-state index in [1.54, 1.807) is 6.20 Å². The third-order valence-corrected chi connectivity index (χ3v) is 5.93. The first-order valence-electron chi connectivity index (χ1n) is 7.83. The Hall–Kier alpha value is -2.35. The van der Waals surface area contributed by atoms with E-state index in [-0.39, 0.29) is 23.5 Å². The van der Waals surface area contributed by atoms with Crippen molar-refractivity contribution in [2.24, 2.45) is 5.92 Å². The van der Waals surface area contributed by atoms with Gasteiger partial charge in [0.15, 0.2) is 9.84 Å². The van der Waals surface area contributed by atoms with Crippen LogP contribution >= 0.6 is 0 Å². The zero-order valence-electron chi connectivity index (χ0n) is 13.2. The second kappa shape index (κ2) is 7.04. The van der Waals surface area contributed by atoms with E-state index < -0.39 is 9.84 Å². The fourth-order valence-corrected chi connectivity index (χ4v) is 4.60. The molecule has 1 atom stereocenters. The van der Waals surface area contributed by atoms with Gasteiger partial charge in [0.1, 0.15) is 0 Å². The summed E-state index contributed by atoms with van der Waals surface area (Å²) in [5.41, 5.74) is 2.96. The van der Waals surface area contributed by atoms with Gasteiger partial charge in [0.05, 0.1) is 17.2 Å². The number of nitrogens with one attached hydrogen (secondary N) is 3. The van der Waals surface area contributed by atoms with Crippen LogP contribution in [-0.4, -0.2) is 42.7 Å². The van der Waals surface area contributed by atoms with Gasteiger partial charge in [0.2, 0.25) is 0 Å². The van der Waals surface area contributed by atoms with Gasteiger partial charge in [-0.1, -0.05) is 24.3 Å². The Morgan fingerprint density at radius 2 is 2.00 bits per heavy atom. The van der Waals surface area contributed by atoms with Crippen LogP contribution in [0.4, 0.5) is 4.79 Å². The Kier molecular flexibility index (Phi) is 4.84. The summed E-state index contributed by atoms with van der Waals surface area (Å²) in [7, 11) is -2.90. The summed E-state index contributed by atoms with van der Waals surface area (Å²) in [4.78, 5) is 11.8. The number of H-pyrrole nitrogens is 1. The minimum Gasteiger partial charge on any atom is -0.338 e. The largest absolute Gasteiger partial charge is 0.338 e. The summed E-state index contributed by atoms with van der Waals surface area (Å²) in [5, 5.41) is 12.3. The minimum absolute atomic E-state index is 0.0226.